The molecule has 100 valence electrons. The van der Waals surface area contributed by atoms with E-state index < -0.39 is 5.97 Å². The molecule has 4 atom stereocenters. The van der Waals surface area contributed by atoms with E-state index >= 15 is 0 Å². The standard InChI is InChI=1S/C15H28O2/c1-5-6-11(4)14-9-12(10(2)3)7-8-13(14)15(16)17/h10-14H,5-9H2,1-4H3,(H,16,17). The van der Waals surface area contributed by atoms with Crippen LogP contribution in [0.25, 0.3) is 0 Å². The first kappa shape index (κ1) is 14.5. The second-order valence-electron chi connectivity index (χ2n) is 6.19. The van der Waals surface area contributed by atoms with Gasteiger partial charge in [0.25, 0.3) is 0 Å². The molecule has 1 aliphatic rings. The Morgan fingerprint density at radius 1 is 1.29 bits per heavy atom. The molecule has 1 saturated carbocycles. The highest BCUT2D eigenvalue weighted by Crippen LogP contribution is 2.42. The van der Waals surface area contributed by atoms with Crippen LogP contribution < -0.4 is 0 Å². The fraction of sp³-hybridized carbons (Fsp3) is 0.933. The first-order valence-electron chi connectivity index (χ1n) is 7.20. The van der Waals surface area contributed by atoms with Crippen LogP contribution in [0.2, 0.25) is 0 Å². The molecule has 4 unspecified atom stereocenters. The summed E-state index contributed by atoms with van der Waals surface area (Å²) in [5.41, 5.74) is 0. The van der Waals surface area contributed by atoms with Gasteiger partial charge in [0, 0.05) is 0 Å². The molecule has 1 N–H and O–H groups in total. The lowest BCUT2D eigenvalue weighted by Gasteiger charge is -2.39. The molecule has 0 aromatic rings. The molecular weight excluding hydrogens is 212 g/mol. The number of aliphatic carboxylic acids is 1. The van der Waals surface area contributed by atoms with Gasteiger partial charge in [0.05, 0.1) is 5.92 Å². The van der Waals surface area contributed by atoms with Crippen LogP contribution >= 0.6 is 0 Å². The third kappa shape index (κ3) is 3.72. The van der Waals surface area contributed by atoms with E-state index in [4.69, 9.17) is 0 Å². The SMILES string of the molecule is CCCC(C)C1CC(C(C)C)CCC1C(=O)O. The Kier molecular flexibility index (Phi) is 5.48. The van der Waals surface area contributed by atoms with Gasteiger partial charge in [0.15, 0.2) is 0 Å². The Morgan fingerprint density at radius 2 is 1.94 bits per heavy atom. The summed E-state index contributed by atoms with van der Waals surface area (Å²) in [7, 11) is 0. The second-order valence-corrected chi connectivity index (χ2v) is 6.19. The predicted octanol–water partition coefficient (Wildman–Crippen LogP) is 4.20. The zero-order valence-electron chi connectivity index (χ0n) is 11.8. The summed E-state index contributed by atoms with van der Waals surface area (Å²) >= 11 is 0. The van der Waals surface area contributed by atoms with Crippen LogP contribution in [0.4, 0.5) is 0 Å². The highest BCUT2D eigenvalue weighted by molar-refractivity contribution is 5.70. The molecule has 0 spiro atoms. The highest BCUT2D eigenvalue weighted by atomic mass is 16.4. The molecule has 0 bridgehead atoms. The lowest BCUT2D eigenvalue weighted by atomic mass is 9.66. The molecule has 0 aromatic heterocycles. The molecule has 1 rings (SSSR count). The van der Waals surface area contributed by atoms with Crippen LogP contribution in [0.3, 0.4) is 0 Å². The summed E-state index contributed by atoms with van der Waals surface area (Å²) in [6, 6.07) is 0. The first-order chi connectivity index (χ1) is 7.97. The normalized spacial score (nSPS) is 31.5. The summed E-state index contributed by atoms with van der Waals surface area (Å²) in [5.74, 6) is 1.72. The fourth-order valence-electron chi connectivity index (χ4n) is 3.45. The largest absolute Gasteiger partial charge is 0.481 e. The van der Waals surface area contributed by atoms with Gasteiger partial charge < -0.3 is 5.11 Å². The Balaban J connectivity index is 2.72. The molecule has 2 nitrogen and oxygen atoms in total. The van der Waals surface area contributed by atoms with Crippen molar-refractivity contribution in [1.82, 2.24) is 0 Å². The van der Waals surface area contributed by atoms with E-state index in [2.05, 4.69) is 27.7 Å². The van der Waals surface area contributed by atoms with Crippen molar-refractivity contribution in [2.24, 2.45) is 29.6 Å². The quantitative estimate of drug-likeness (QED) is 0.782. The van der Waals surface area contributed by atoms with Gasteiger partial charge in [-0.25, -0.2) is 0 Å². The Hall–Kier alpha value is -0.530. The topological polar surface area (TPSA) is 37.3 Å². The minimum atomic E-state index is -0.569. The van der Waals surface area contributed by atoms with Gasteiger partial charge in [0.1, 0.15) is 0 Å². The van der Waals surface area contributed by atoms with E-state index in [9.17, 15) is 9.90 Å². The molecule has 0 saturated heterocycles. The van der Waals surface area contributed by atoms with Crippen LogP contribution in [0.1, 0.15) is 59.8 Å². The molecule has 0 radical (unpaired) electrons. The smallest absolute Gasteiger partial charge is 0.306 e. The number of hydrogen-bond donors (Lipinski definition) is 1. The van der Waals surface area contributed by atoms with E-state index in [-0.39, 0.29) is 5.92 Å². The summed E-state index contributed by atoms with van der Waals surface area (Å²) < 4.78 is 0. The Bertz CT molecular complexity index is 247. The van der Waals surface area contributed by atoms with E-state index in [1.54, 1.807) is 0 Å². The van der Waals surface area contributed by atoms with Gasteiger partial charge >= 0.3 is 5.97 Å². The van der Waals surface area contributed by atoms with Crippen LogP contribution in [0.15, 0.2) is 0 Å². The van der Waals surface area contributed by atoms with Gasteiger partial charge in [-0.15, -0.1) is 0 Å². The molecule has 17 heavy (non-hydrogen) atoms. The van der Waals surface area contributed by atoms with Crippen molar-refractivity contribution in [2.75, 3.05) is 0 Å². The summed E-state index contributed by atoms with van der Waals surface area (Å²) in [6.07, 6.45) is 5.44. The first-order valence-corrected chi connectivity index (χ1v) is 7.20. The summed E-state index contributed by atoms with van der Waals surface area (Å²) in [4.78, 5) is 11.3. The number of hydrogen-bond acceptors (Lipinski definition) is 1. The molecule has 1 fully saturated rings. The van der Waals surface area contributed by atoms with Gasteiger partial charge in [-0.1, -0.05) is 40.5 Å². The van der Waals surface area contributed by atoms with E-state index in [1.165, 1.54) is 6.42 Å². The predicted molar refractivity (Wildman–Crippen MR) is 70.9 cm³/mol. The molecule has 2 heteroatoms. The molecule has 1 aliphatic carbocycles. The Morgan fingerprint density at radius 3 is 2.41 bits per heavy atom. The average Bonchev–Trinajstić information content (AvgIpc) is 2.28. The maximum absolute atomic E-state index is 11.3. The number of carboxylic acid groups (broad SMARTS) is 1. The van der Waals surface area contributed by atoms with Crippen molar-refractivity contribution < 1.29 is 9.90 Å². The van der Waals surface area contributed by atoms with Crippen LogP contribution in [0, 0.1) is 29.6 Å². The minimum absolute atomic E-state index is 0.0912. The second kappa shape index (κ2) is 6.42. The molecular formula is C15H28O2. The van der Waals surface area contributed by atoms with Crippen LogP contribution in [0.5, 0.6) is 0 Å². The van der Waals surface area contributed by atoms with Crippen molar-refractivity contribution in [2.45, 2.75) is 59.8 Å². The lowest BCUT2D eigenvalue weighted by molar-refractivity contribution is -0.146. The van der Waals surface area contributed by atoms with E-state index in [0.717, 1.165) is 31.6 Å². The van der Waals surface area contributed by atoms with Crippen molar-refractivity contribution in [3.8, 4) is 0 Å². The zero-order chi connectivity index (χ0) is 13.0. The van der Waals surface area contributed by atoms with Crippen molar-refractivity contribution in [1.29, 1.82) is 0 Å². The van der Waals surface area contributed by atoms with Crippen molar-refractivity contribution in [3.05, 3.63) is 0 Å². The number of carbonyl (C=O) groups is 1. The van der Waals surface area contributed by atoms with Crippen molar-refractivity contribution >= 4 is 5.97 Å². The van der Waals surface area contributed by atoms with Crippen molar-refractivity contribution in [3.63, 3.8) is 0 Å². The monoisotopic (exact) mass is 240 g/mol. The summed E-state index contributed by atoms with van der Waals surface area (Å²) in [6.45, 7) is 8.97. The average molecular weight is 240 g/mol. The molecule has 0 amide bonds. The molecule has 0 aromatic carbocycles. The molecule has 0 aliphatic heterocycles. The van der Waals surface area contributed by atoms with Gasteiger partial charge in [-0.2, -0.15) is 0 Å². The van der Waals surface area contributed by atoms with Crippen LogP contribution in [-0.2, 0) is 4.79 Å². The highest BCUT2D eigenvalue weighted by Gasteiger charge is 2.38. The maximum Gasteiger partial charge on any atom is 0.306 e. The fourth-order valence-corrected chi connectivity index (χ4v) is 3.45. The van der Waals surface area contributed by atoms with E-state index in [1.807, 2.05) is 0 Å². The van der Waals surface area contributed by atoms with Crippen LogP contribution in [-0.4, -0.2) is 11.1 Å². The zero-order valence-corrected chi connectivity index (χ0v) is 11.8. The lowest BCUT2D eigenvalue weighted by Crippen LogP contribution is -2.35. The third-order valence-corrected chi connectivity index (χ3v) is 4.68. The van der Waals surface area contributed by atoms with E-state index in [0.29, 0.717) is 17.8 Å². The number of carboxylic acids is 1. The van der Waals surface area contributed by atoms with Gasteiger partial charge in [0.2, 0.25) is 0 Å². The minimum Gasteiger partial charge on any atom is -0.481 e. The summed E-state index contributed by atoms with van der Waals surface area (Å²) in [5, 5.41) is 9.35. The van der Waals surface area contributed by atoms with Gasteiger partial charge in [-0.3, -0.25) is 4.79 Å². The maximum atomic E-state index is 11.3. The third-order valence-electron chi connectivity index (χ3n) is 4.68. The number of rotatable bonds is 5. The van der Waals surface area contributed by atoms with Gasteiger partial charge in [-0.05, 0) is 42.9 Å². The molecule has 0 heterocycles. The Labute approximate surface area is 106 Å².